The second-order valence-electron chi connectivity index (χ2n) is 8.01. The Morgan fingerprint density at radius 1 is 1.13 bits per heavy atom. The van der Waals surface area contributed by atoms with Gasteiger partial charge in [0.15, 0.2) is 18.1 Å². The van der Waals surface area contributed by atoms with Crippen LogP contribution in [0.5, 0.6) is 17.2 Å². The minimum absolute atomic E-state index is 0.199. The minimum Gasteiger partial charge on any atom is -0.493 e. The first kappa shape index (κ1) is 26.8. The molecule has 0 atom stereocenters. The average Bonchev–Trinajstić information content (AvgIpc) is 2.91. The van der Waals surface area contributed by atoms with Crippen LogP contribution in [-0.2, 0) is 11.2 Å². The maximum absolute atomic E-state index is 13.4. The van der Waals surface area contributed by atoms with Crippen molar-refractivity contribution in [2.45, 2.75) is 13.3 Å². The summed E-state index contributed by atoms with van der Waals surface area (Å²) in [7, 11) is 2.89. The third kappa shape index (κ3) is 6.00. The molecule has 0 bridgehead atoms. The first-order valence-electron chi connectivity index (χ1n) is 11.5. The third-order valence-electron chi connectivity index (χ3n) is 5.45. The van der Waals surface area contributed by atoms with E-state index in [2.05, 4.69) is 31.3 Å². The molecule has 0 unspecified atom stereocenters. The molecule has 1 amide bonds. The summed E-state index contributed by atoms with van der Waals surface area (Å²) < 4.78 is 32.0. The van der Waals surface area contributed by atoms with Gasteiger partial charge in [-0.15, -0.1) is 0 Å². The zero-order valence-corrected chi connectivity index (χ0v) is 22.4. The van der Waals surface area contributed by atoms with Crippen LogP contribution < -0.4 is 25.1 Å². The molecule has 4 rings (SSSR count). The van der Waals surface area contributed by atoms with Crippen molar-refractivity contribution in [2.75, 3.05) is 26.1 Å². The Morgan fingerprint density at radius 2 is 1.87 bits per heavy atom. The lowest BCUT2D eigenvalue weighted by Crippen LogP contribution is -2.22. The summed E-state index contributed by atoms with van der Waals surface area (Å²) in [6.07, 6.45) is 1.98. The quantitative estimate of drug-likeness (QED) is 0.285. The smallest absolute Gasteiger partial charge is 0.282 e. The van der Waals surface area contributed by atoms with Crippen LogP contribution in [0.25, 0.3) is 10.9 Å². The van der Waals surface area contributed by atoms with Crippen LogP contribution >= 0.6 is 15.9 Å². The Balaban J connectivity index is 1.60. The molecule has 0 aliphatic rings. The molecule has 0 aliphatic heterocycles. The summed E-state index contributed by atoms with van der Waals surface area (Å²) in [6.45, 7) is 1.52. The predicted octanol–water partition coefficient (Wildman–Crippen LogP) is 4.78. The number of ether oxygens (including phenoxy) is 3. The number of carbonyl (C=O) groups excluding carboxylic acids is 1. The van der Waals surface area contributed by atoms with Crippen LogP contribution in [0.3, 0.4) is 0 Å². The molecular formula is C27H24BrFN4O5. The largest absolute Gasteiger partial charge is 0.493 e. The molecule has 1 aromatic heterocycles. The van der Waals surface area contributed by atoms with Crippen molar-refractivity contribution < 1.29 is 23.4 Å². The van der Waals surface area contributed by atoms with Gasteiger partial charge in [0.25, 0.3) is 11.5 Å². The molecule has 196 valence electrons. The number of benzene rings is 3. The molecule has 0 saturated heterocycles. The van der Waals surface area contributed by atoms with Crippen LogP contribution in [0.1, 0.15) is 18.3 Å². The molecule has 3 aromatic carbocycles. The Bertz CT molecular complexity index is 1560. The van der Waals surface area contributed by atoms with Crippen LogP contribution in [-0.4, -0.2) is 42.6 Å². The van der Waals surface area contributed by atoms with Crippen molar-refractivity contribution >= 4 is 44.6 Å². The molecule has 1 N–H and O–H groups in total. The van der Waals surface area contributed by atoms with E-state index in [0.29, 0.717) is 34.4 Å². The van der Waals surface area contributed by atoms with E-state index >= 15 is 0 Å². The average molecular weight is 583 g/mol. The second kappa shape index (κ2) is 11.9. The van der Waals surface area contributed by atoms with E-state index in [0.717, 1.165) is 4.47 Å². The Morgan fingerprint density at radius 3 is 2.53 bits per heavy atom. The van der Waals surface area contributed by atoms with Gasteiger partial charge in [0.1, 0.15) is 11.6 Å². The van der Waals surface area contributed by atoms with E-state index in [1.54, 1.807) is 30.3 Å². The molecule has 38 heavy (non-hydrogen) atoms. The number of nitrogens with zero attached hydrogens (tertiary/aromatic N) is 3. The van der Waals surface area contributed by atoms with Gasteiger partial charge in [-0.2, -0.15) is 9.78 Å². The third-order valence-corrected chi connectivity index (χ3v) is 5.95. The first-order valence-corrected chi connectivity index (χ1v) is 12.3. The van der Waals surface area contributed by atoms with Crippen molar-refractivity contribution in [1.82, 2.24) is 9.66 Å². The highest BCUT2D eigenvalue weighted by molar-refractivity contribution is 9.10. The number of rotatable bonds is 9. The van der Waals surface area contributed by atoms with E-state index in [4.69, 9.17) is 14.2 Å². The number of methoxy groups -OCH3 is 2. The summed E-state index contributed by atoms with van der Waals surface area (Å²) >= 11 is 3.39. The van der Waals surface area contributed by atoms with Gasteiger partial charge in [-0.25, -0.2) is 9.37 Å². The summed E-state index contributed by atoms with van der Waals surface area (Å²) in [6, 6.07) is 14.1. The number of aryl methyl sites for hydroxylation is 1. The molecule has 0 aliphatic carbocycles. The van der Waals surface area contributed by atoms with Gasteiger partial charge < -0.3 is 19.5 Å². The number of hydrogen-bond acceptors (Lipinski definition) is 7. The Hall–Kier alpha value is -4.25. The number of nitrogens with one attached hydrogen (secondary N) is 1. The van der Waals surface area contributed by atoms with Crippen molar-refractivity contribution in [3.8, 4) is 17.2 Å². The predicted molar refractivity (Wildman–Crippen MR) is 146 cm³/mol. The second-order valence-corrected chi connectivity index (χ2v) is 8.92. The van der Waals surface area contributed by atoms with Crippen molar-refractivity contribution in [3.63, 3.8) is 0 Å². The maximum atomic E-state index is 13.4. The summed E-state index contributed by atoms with van der Waals surface area (Å²) in [5.74, 6) is 0.313. The Kier molecular flexibility index (Phi) is 8.37. The number of fused-ring (bicyclic) bond motifs is 1. The van der Waals surface area contributed by atoms with E-state index in [-0.39, 0.29) is 29.4 Å². The number of aromatic nitrogens is 2. The number of halogens is 2. The van der Waals surface area contributed by atoms with Gasteiger partial charge in [-0.1, -0.05) is 28.9 Å². The van der Waals surface area contributed by atoms with E-state index in [1.807, 2.05) is 13.0 Å². The number of anilines is 1. The maximum Gasteiger partial charge on any atom is 0.282 e. The molecular weight excluding hydrogens is 559 g/mol. The van der Waals surface area contributed by atoms with E-state index in [1.165, 1.54) is 43.3 Å². The number of amides is 1. The molecule has 0 saturated carbocycles. The molecule has 0 spiro atoms. The number of carbonyl (C=O) groups is 1. The lowest BCUT2D eigenvalue weighted by atomic mass is 10.2. The van der Waals surface area contributed by atoms with Gasteiger partial charge in [-0.3, -0.25) is 9.59 Å². The van der Waals surface area contributed by atoms with Gasteiger partial charge in [0, 0.05) is 22.1 Å². The highest BCUT2D eigenvalue weighted by atomic mass is 79.9. The van der Waals surface area contributed by atoms with Crippen molar-refractivity contribution in [1.29, 1.82) is 0 Å². The lowest BCUT2D eigenvalue weighted by molar-refractivity contribution is -0.118. The van der Waals surface area contributed by atoms with Crippen molar-refractivity contribution in [3.05, 3.63) is 86.6 Å². The van der Waals surface area contributed by atoms with Crippen LogP contribution in [0.4, 0.5) is 10.1 Å². The normalized spacial score (nSPS) is 11.1. The summed E-state index contributed by atoms with van der Waals surface area (Å²) in [5.41, 5.74) is 1.15. The van der Waals surface area contributed by atoms with Gasteiger partial charge in [-0.05, 0) is 48.5 Å². The van der Waals surface area contributed by atoms with Gasteiger partial charge in [0.05, 0.1) is 31.3 Å². The fourth-order valence-corrected chi connectivity index (χ4v) is 4.05. The molecule has 0 fully saturated rings. The van der Waals surface area contributed by atoms with Crippen molar-refractivity contribution in [2.24, 2.45) is 5.10 Å². The van der Waals surface area contributed by atoms with Crippen LogP contribution in [0, 0.1) is 5.82 Å². The molecule has 0 radical (unpaired) electrons. The molecule has 9 nitrogen and oxygen atoms in total. The SMILES string of the molecule is CCc1nc2ccc(Br)cc2c(=O)n1N=Cc1cc(OC)c(OCC(=O)Nc2cccc(F)c2)c(OC)c1. The molecule has 1 heterocycles. The monoisotopic (exact) mass is 582 g/mol. The zero-order valence-electron chi connectivity index (χ0n) is 20.8. The van der Waals surface area contributed by atoms with Crippen LogP contribution in [0.15, 0.2) is 69.0 Å². The topological polar surface area (TPSA) is 104 Å². The summed E-state index contributed by atoms with van der Waals surface area (Å²) in [5, 5.41) is 7.39. The highest BCUT2D eigenvalue weighted by Gasteiger charge is 2.16. The van der Waals surface area contributed by atoms with Crippen LogP contribution in [0.2, 0.25) is 0 Å². The first-order chi connectivity index (χ1) is 18.3. The van der Waals surface area contributed by atoms with Gasteiger partial charge >= 0.3 is 0 Å². The lowest BCUT2D eigenvalue weighted by Gasteiger charge is -2.15. The van der Waals surface area contributed by atoms with E-state index < -0.39 is 11.7 Å². The molecule has 4 aromatic rings. The Labute approximate surface area is 226 Å². The number of hydrogen-bond donors (Lipinski definition) is 1. The van der Waals surface area contributed by atoms with E-state index in [9.17, 15) is 14.0 Å². The highest BCUT2D eigenvalue weighted by Crippen LogP contribution is 2.38. The fraction of sp³-hybridized carbons (Fsp3) is 0.185. The minimum atomic E-state index is -0.493. The zero-order chi connectivity index (χ0) is 27.2. The van der Waals surface area contributed by atoms with Gasteiger partial charge in [0.2, 0.25) is 5.75 Å². The standard InChI is InChI=1S/C27H24BrFN4O5/c1-4-24-32-21-9-8-17(28)12-20(21)27(35)33(24)30-14-16-10-22(36-2)26(23(11-16)37-3)38-15-25(34)31-19-7-5-6-18(29)13-19/h5-14H,4,15H2,1-3H3,(H,31,34). The molecule has 11 heteroatoms. The summed E-state index contributed by atoms with van der Waals surface area (Å²) in [4.78, 5) is 30.0. The fourth-order valence-electron chi connectivity index (χ4n) is 3.69.